The lowest BCUT2D eigenvalue weighted by atomic mass is 10.1. The Morgan fingerprint density at radius 3 is 2.65 bits per heavy atom. The van der Waals surface area contributed by atoms with E-state index >= 15 is 0 Å². The van der Waals surface area contributed by atoms with Crippen LogP contribution in [0.5, 0.6) is 0 Å². The Kier molecular flexibility index (Phi) is 4.79. The van der Waals surface area contributed by atoms with Gasteiger partial charge in [-0.3, -0.25) is 14.9 Å². The molecule has 1 N–H and O–H groups in total. The number of halogens is 1. The van der Waals surface area contributed by atoms with E-state index in [1.54, 1.807) is 17.0 Å². The van der Waals surface area contributed by atoms with Gasteiger partial charge in [-0.25, -0.2) is 0 Å². The molecule has 0 heterocycles. The minimum absolute atomic E-state index is 0.0231. The lowest BCUT2D eigenvalue weighted by molar-refractivity contribution is -0.384. The molecule has 0 atom stereocenters. The molecular weight excluding hydrogens is 375 g/mol. The first kappa shape index (κ1) is 15.0. The van der Waals surface area contributed by atoms with Crippen LogP contribution in [0.4, 0.5) is 11.4 Å². The van der Waals surface area contributed by atoms with E-state index in [0.29, 0.717) is 5.69 Å². The van der Waals surface area contributed by atoms with Gasteiger partial charge in [0, 0.05) is 15.7 Å². The van der Waals surface area contributed by atoms with Crippen molar-refractivity contribution in [3.63, 3.8) is 0 Å². The average molecular weight is 390 g/mol. The number of hydrogen-bond donors (Lipinski definition) is 1. The van der Waals surface area contributed by atoms with E-state index in [1.807, 2.05) is 22.6 Å². The second kappa shape index (κ2) is 6.38. The molecule has 0 saturated heterocycles. The van der Waals surface area contributed by atoms with Crippen LogP contribution in [0.2, 0.25) is 0 Å². The molecular formula is C13H15IN2O4. The molecule has 7 heteroatoms. The number of carboxylic acid groups (broad SMARTS) is 1. The molecule has 0 aliphatic heterocycles. The number of hydrogen-bond acceptors (Lipinski definition) is 4. The van der Waals surface area contributed by atoms with Gasteiger partial charge in [-0.1, -0.05) is 12.8 Å². The third-order valence-electron chi connectivity index (χ3n) is 3.51. The molecule has 1 aliphatic rings. The van der Waals surface area contributed by atoms with E-state index in [4.69, 9.17) is 5.11 Å². The highest BCUT2D eigenvalue weighted by Gasteiger charge is 2.29. The molecule has 1 aromatic rings. The van der Waals surface area contributed by atoms with Gasteiger partial charge in [0.2, 0.25) is 0 Å². The summed E-state index contributed by atoms with van der Waals surface area (Å²) in [5, 5.41) is 20.3. The van der Waals surface area contributed by atoms with Gasteiger partial charge in [0.05, 0.1) is 4.92 Å². The molecule has 0 spiro atoms. The van der Waals surface area contributed by atoms with Crippen molar-refractivity contribution in [2.45, 2.75) is 31.7 Å². The summed E-state index contributed by atoms with van der Waals surface area (Å²) in [5.74, 6) is -0.968. The summed E-state index contributed by atoms with van der Waals surface area (Å²) in [6.45, 7) is -0.202. The van der Waals surface area contributed by atoms with Gasteiger partial charge in [0.25, 0.3) is 5.69 Å². The molecule has 0 bridgehead atoms. The lowest BCUT2D eigenvalue weighted by Gasteiger charge is -2.29. The van der Waals surface area contributed by atoms with Crippen molar-refractivity contribution in [3.8, 4) is 0 Å². The molecule has 1 aliphatic carbocycles. The van der Waals surface area contributed by atoms with Crippen molar-refractivity contribution < 1.29 is 14.8 Å². The zero-order valence-corrected chi connectivity index (χ0v) is 12.9. The van der Waals surface area contributed by atoms with Gasteiger partial charge in [-0.05, 0) is 47.6 Å². The molecule has 1 fully saturated rings. The van der Waals surface area contributed by atoms with E-state index in [2.05, 4.69) is 0 Å². The quantitative estimate of drug-likeness (QED) is 0.475. The van der Waals surface area contributed by atoms with Gasteiger partial charge in [-0.15, -0.1) is 0 Å². The fourth-order valence-electron chi connectivity index (χ4n) is 2.66. The van der Waals surface area contributed by atoms with Crippen LogP contribution in [-0.4, -0.2) is 28.6 Å². The van der Waals surface area contributed by atoms with Crippen molar-refractivity contribution in [3.05, 3.63) is 31.9 Å². The van der Waals surface area contributed by atoms with Crippen molar-refractivity contribution in [2.24, 2.45) is 0 Å². The van der Waals surface area contributed by atoms with Crippen LogP contribution in [0.15, 0.2) is 18.2 Å². The first-order chi connectivity index (χ1) is 9.49. The second-order valence-corrected chi connectivity index (χ2v) is 6.10. The molecule has 0 unspecified atom stereocenters. The van der Waals surface area contributed by atoms with Crippen LogP contribution in [0, 0.1) is 13.7 Å². The summed E-state index contributed by atoms with van der Waals surface area (Å²) >= 11 is 2.01. The van der Waals surface area contributed by atoms with Crippen molar-refractivity contribution in [1.29, 1.82) is 0 Å². The Balaban J connectivity index is 2.41. The molecule has 6 nitrogen and oxygen atoms in total. The third kappa shape index (κ3) is 3.38. The Bertz CT molecular complexity index is 529. The largest absolute Gasteiger partial charge is 0.480 e. The summed E-state index contributed by atoms with van der Waals surface area (Å²) < 4.78 is 0.764. The molecule has 1 saturated carbocycles. The van der Waals surface area contributed by atoms with Crippen LogP contribution in [0.1, 0.15) is 25.7 Å². The van der Waals surface area contributed by atoms with Crippen LogP contribution in [-0.2, 0) is 4.79 Å². The lowest BCUT2D eigenvalue weighted by Crippen LogP contribution is -2.38. The maximum atomic E-state index is 11.2. The molecule has 1 aromatic carbocycles. The molecule has 0 amide bonds. The highest BCUT2D eigenvalue weighted by molar-refractivity contribution is 14.1. The SMILES string of the molecule is O=C(O)CN(c1ccc(I)cc1[N+](=O)[O-])C1CCCC1. The second-order valence-electron chi connectivity index (χ2n) is 4.85. The summed E-state index contributed by atoms with van der Waals surface area (Å²) in [6.07, 6.45) is 3.85. The number of carbonyl (C=O) groups is 1. The molecule has 0 aromatic heterocycles. The van der Waals surface area contributed by atoms with Gasteiger partial charge in [0.1, 0.15) is 12.2 Å². The number of nitro groups is 1. The first-order valence-electron chi connectivity index (χ1n) is 6.41. The van der Waals surface area contributed by atoms with E-state index in [0.717, 1.165) is 29.3 Å². The monoisotopic (exact) mass is 390 g/mol. The molecule has 0 radical (unpaired) electrons. The molecule has 108 valence electrons. The Labute approximate surface area is 130 Å². The summed E-state index contributed by atoms with van der Waals surface area (Å²) in [6, 6.07) is 4.98. The van der Waals surface area contributed by atoms with Gasteiger partial charge >= 0.3 is 5.97 Å². The maximum absolute atomic E-state index is 11.2. The van der Waals surface area contributed by atoms with E-state index < -0.39 is 10.9 Å². The summed E-state index contributed by atoms with van der Waals surface area (Å²) in [5.41, 5.74) is 0.384. The highest BCUT2D eigenvalue weighted by atomic mass is 127. The zero-order valence-electron chi connectivity index (χ0n) is 10.8. The predicted molar refractivity (Wildman–Crippen MR) is 83.1 cm³/mol. The van der Waals surface area contributed by atoms with Gasteiger partial charge in [0.15, 0.2) is 0 Å². The number of carboxylic acids is 1. The maximum Gasteiger partial charge on any atom is 0.323 e. The third-order valence-corrected chi connectivity index (χ3v) is 4.19. The fourth-order valence-corrected chi connectivity index (χ4v) is 3.13. The zero-order chi connectivity index (χ0) is 14.7. The summed E-state index contributed by atoms with van der Waals surface area (Å²) in [7, 11) is 0. The number of benzene rings is 1. The average Bonchev–Trinajstić information content (AvgIpc) is 2.89. The number of rotatable bonds is 5. The predicted octanol–water partition coefficient (Wildman–Crippen LogP) is 3.03. The van der Waals surface area contributed by atoms with Crippen LogP contribution in [0.3, 0.4) is 0 Å². The Morgan fingerprint density at radius 2 is 2.10 bits per heavy atom. The van der Waals surface area contributed by atoms with Gasteiger partial charge in [-0.2, -0.15) is 0 Å². The number of nitrogens with zero attached hydrogens (tertiary/aromatic N) is 2. The summed E-state index contributed by atoms with van der Waals surface area (Å²) in [4.78, 5) is 23.5. The van der Waals surface area contributed by atoms with E-state index in [9.17, 15) is 14.9 Å². The van der Waals surface area contributed by atoms with Crippen molar-refractivity contribution in [2.75, 3.05) is 11.4 Å². The number of nitro benzene ring substituents is 1. The minimum Gasteiger partial charge on any atom is -0.480 e. The normalized spacial score (nSPS) is 15.2. The van der Waals surface area contributed by atoms with Gasteiger partial charge < -0.3 is 10.0 Å². The molecule has 2 rings (SSSR count). The molecule has 20 heavy (non-hydrogen) atoms. The standard InChI is InChI=1S/C13H15IN2O4/c14-9-5-6-11(12(7-9)16(19)20)15(8-13(17)18)10-3-1-2-4-10/h5-7,10H,1-4,8H2,(H,17,18). The highest BCUT2D eigenvalue weighted by Crippen LogP contribution is 2.35. The topological polar surface area (TPSA) is 83.7 Å². The Morgan fingerprint density at radius 1 is 1.45 bits per heavy atom. The van der Waals surface area contributed by atoms with Crippen molar-refractivity contribution >= 4 is 39.9 Å². The fraction of sp³-hybridized carbons (Fsp3) is 0.462. The van der Waals surface area contributed by atoms with E-state index in [1.165, 1.54) is 6.07 Å². The van der Waals surface area contributed by atoms with Crippen molar-refractivity contribution in [1.82, 2.24) is 0 Å². The first-order valence-corrected chi connectivity index (χ1v) is 7.49. The van der Waals surface area contributed by atoms with E-state index in [-0.39, 0.29) is 18.3 Å². The minimum atomic E-state index is -0.968. The smallest absolute Gasteiger partial charge is 0.323 e. The Hall–Kier alpha value is -1.38. The van der Waals surface area contributed by atoms with Crippen LogP contribution >= 0.6 is 22.6 Å². The number of anilines is 1. The number of aliphatic carboxylic acids is 1. The van der Waals surface area contributed by atoms with Crippen LogP contribution < -0.4 is 4.90 Å². The van der Waals surface area contributed by atoms with Crippen LogP contribution in [0.25, 0.3) is 0 Å².